The number of unbranched alkanes of at least 4 members (excludes halogenated alkanes) is 47. The first-order chi connectivity index (χ1) is 33.5. The standard InChI is InChI=1S/C62H120O6/c1-4-7-10-13-15-17-19-21-23-24-25-26-27-28-29-30-31-32-33-34-35-36-37-39-40-42-44-46-49-52-55-61(64)67-58-59(57-66-60(63)54-51-48-12-9-6-3)68-62(65)56-53-50-47-45-43-41-38-22-20-18-16-14-11-8-5-2/h59H,4-58H2,1-3H3. The van der Waals surface area contributed by atoms with Crippen molar-refractivity contribution < 1.29 is 28.6 Å². The second-order valence-electron chi connectivity index (χ2n) is 21.3. The fourth-order valence-electron chi connectivity index (χ4n) is 9.68. The highest BCUT2D eigenvalue weighted by Crippen LogP contribution is 2.18. The lowest BCUT2D eigenvalue weighted by molar-refractivity contribution is -0.167. The van der Waals surface area contributed by atoms with Crippen molar-refractivity contribution in [3.63, 3.8) is 0 Å². The number of esters is 3. The van der Waals surface area contributed by atoms with E-state index >= 15 is 0 Å². The van der Waals surface area contributed by atoms with Crippen LogP contribution in [0.15, 0.2) is 0 Å². The van der Waals surface area contributed by atoms with Crippen LogP contribution in [0.25, 0.3) is 0 Å². The largest absolute Gasteiger partial charge is 0.462 e. The topological polar surface area (TPSA) is 78.9 Å². The summed E-state index contributed by atoms with van der Waals surface area (Å²) in [5, 5.41) is 0. The van der Waals surface area contributed by atoms with Crippen LogP contribution in [0.2, 0.25) is 0 Å². The molecule has 0 aromatic rings. The molecule has 0 heterocycles. The van der Waals surface area contributed by atoms with E-state index in [4.69, 9.17) is 14.2 Å². The van der Waals surface area contributed by atoms with Gasteiger partial charge in [0.25, 0.3) is 0 Å². The second-order valence-corrected chi connectivity index (χ2v) is 21.3. The number of rotatable bonds is 58. The zero-order valence-electron chi connectivity index (χ0n) is 46.4. The van der Waals surface area contributed by atoms with Gasteiger partial charge in [-0.1, -0.05) is 323 Å². The molecule has 0 saturated carbocycles. The lowest BCUT2D eigenvalue weighted by Gasteiger charge is -2.18. The third-order valence-corrected chi connectivity index (χ3v) is 14.4. The summed E-state index contributed by atoms with van der Waals surface area (Å²) in [6.07, 6.45) is 66.0. The van der Waals surface area contributed by atoms with Gasteiger partial charge >= 0.3 is 17.9 Å². The van der Waals surface area contributed by atoms with E-state index in [2.05, 4.69) is 20.8 Å². The molecule has 0 aromatic carbocycles. The predicted octanol–water partition coefficient (Wildman–Crippen LogP) is 20.7. The molecule has 0 spiro atoms. The molecule has 0 fully saturated rings. The Morgan fingerprint density at radius 2 is 0.397 bits per heavy atom. The van der Waals surface area contributed by atoms with Gasteiger partial charge in [-0.3, -0.25) is 14.4 Å². The maximum atomic E-state index is 12.8. The van der Waals surface area contributed by atoms with Gasteiger partial charge < -0.3 is 14.2 Å². The molecule has 0 saturated heterocycles. The van der Waals surface area contributed by atoms with Gasteiger partial charge in [0.1, 0.15) is 13.2 Å². The van der Waals surface area contributed by atoms with Gasteiger partial charge in [0.05, 0.1) is 0 Å². The summed E-state index contributed by atoms with van der Waals surface area (Å²) >= 11 is 0. The molecule has 0 aliphatic rings. The minimum Gasteiger partial charge on any atom is -0.462 e. The molecule has 1 atom stereocenters. The average molecular weight is 962 g/mol. The minimum atomic E-state index is -0.759. The number of carbonyl (C=O) groups excluding carboxylic acids is 3. The molecule has 0 aliphatic heterocycles. The summed E-state index contributed by atoms with van der Waals surface area (Å²) in [6.45, 7) is 6.62. The Morgan fingerprint density at radius 3 is 0.588 bits per heavy atom. The lowest BCUT2D eigenvalue weighted by Crippen LogP contribution is -2.30. The van der Waals surface area contributed by atoms with E-state index in [-0.39, 0.29) is 31.1 Å². The Hall–Kier alpha value is -1.59. The van der Waals surface area contributed by atoms with Crippen LogP contribution in [0.4, 0.5) is 0 Å². The van der Waals surface area contributed by atoms with Crippen LogP contribution < -0.4 is 0 Å². The average Bonchev–Trinajstić information content (AvgIpc) is 3.34. The number of ether oxygens (including phenoxy) is 3. The van der Waals surface area contributed by atoms with Gasteiger partial charge in [0, 0.05) is 19.3 Å². The maximum Gasteiger partial charge on any atom is 0.306 e. The highest BCUT2D eigenvalue weighted by Gasteiger charge is 2.19. The molecule has 0 aromatic heterocycles. The van der Waals surface area contributed by atoms with Crippen molar-refractivity contribution in [1.29, 1.82) is 0 Å². The van der Waals surface area contributed by atoms with Gasteiger partial charge in [-0.2, -0.15) is 0 Å². The van der Waals surface area contributed by atoms with Crippen molar-refractivity contribution in [2.24, 2.45) is 0 Å². The van der Waals surface area contributed by atoms with Crippen molar-refractivity contribution >= 4 is 17.9 Å². The number of hydrogen-bond acceptors (Lipinski definition) is 6. The Balaban J connectivity index is 3.88. The first kappa shape index (κ1) is 66.4. The van der Waals surface area contributed by atoms with E-state index in [0.717, 1.165) is 64.2 Å². The van der Waals surface area contributed by atoms with Crippen LogP contribution in [0.5, 0.6) is 0 Å². The third kappa shape index (κ3) is 55.3. The first-order valence-corrected chi connectivity index (χ1v) is 31.0. The van der Waals surface area contributed by atoms with E-state index < -0.39 is 6.10 Å². The van der Waals surface area contributed by atoms with Crippen LogP contribution in [0.1, 0.15) is 361 Å². The summed E-state index contributed by atoms with van der Waals surface area (Å²) in [5.74, 6) is -0.851. The van der Waals surface area contributed by atoms with Gasteiger partial charge in [0.15, 0.2) is 6.10 Å². The molecule has 0 bridgehead atoms. The molecular formula is C62H120O6. The highest BCUT2D eigenvalue weighted by molar-refractivity contribution is 5.71. The molecule has 6 heteroatoms. The van der Waals surface area contributed by atoms with Gasteiger partial charge in [-0.05, 0) is 19.3 Å². The zero-order chi connectivity index (χ0) is 49.3. The SMILES string of the molecule is CCCCCCCCCCCCCCCCCCCCCCCCCCCCCCCCC(=O)OCC(COC(=O)CCCCCCC)OC(=O)CCCCCCCCCCCCCCCCC. The van der Waals surface area contributed by atoms with Gasteiger partial charge in [0.2, 0.25) is 0 Å². The zero-order valence-corrected chi connectivity index (χ0v) is 46.4. The lowest BCUT2D eigenvalue weighted by atomic mass is 10.0. The summed E-state index contributed by atoms with van der Waals surface area (Å²) in [7, 11) is 0. The maximum absolute atomic E-state index is 12.8. The molecule has 0 radical (unpaired) electrons. The highest BCUT2D eigenvalue weighted by atomic mass is 16.6. The Kier molecular flexibility index (Phi) is 56.6. The van der Waals surface area contributed by atoms with Gasteiger partial charge in [-0.15, -0.1) is 0 Å². The Labute approximate surface area is 425 Å². The summed E-state index contributed by atoms with van der Waals surface area (Å²) < 4.78 is 16.7. The van der Waals surface area contributed by atoms with E-state index in [1.807, 2.05) is 0 Å². The molecule has 404 valence electrons. The van der Waals surface area contributed by atoms with Crippen LogP contribution in [-0.2, 0) is 28.6 Å². The summed E-state index contributed by atoms with van der Waals surface area (Å²) in [6, 6.07) is 0. The predicted molar refractivity (Wildman–Crippen MR) is 294 cm³/mol. The molecular weight excluding hydrogens is 841 g/mol. The van der Waals surface area contributed by atoms with Crippen LogP contribution in [0.3, 0.4) is 0 Å². The fraction of sp³-hybridized carbons (Fsp3) is 0.952. The molecule has 6 nitrogen and oxygen atoms in total. The van der Waals surface area contributed by atoms with Crippen molar-refractivity contribution in [1.82, 2.24) is 0 Å². The molecule has 0 amide bonds. The van der Waals surface area contributed by atoms with Gasteiger partial charge in [-0.25, -0.2) is 0 Å². The molecule has 0 rings (SSSR count). The van der Waals surface area contributed by atoms with Crippen LogP contribution in [0, 0.1) is 0 Å². The van der Waals surface area contributed by atoms with Crippen LogP contribution in [-0.4, -0.2) is 37.2 Å². The fourth-order valence-corrected chi connectivity index (χ4v) is 9.68. The normalized spacial score (nSPS) is 11.9. The smallest absolute Gasteiger partial charge is 0.306 e. The van der Waals surface area contributed by atoms with E-state index in [9.17, 15) is 14.4 Å². The monoisotopic (exact) mass is 961 g/mol. The van der Waals surface area contributed by atoms with Crippen molar-refractivity contribution in [2.45, 2.75) is 367 Å². The first-order valence-electron chi connectivity index (χ1n) is 31.0. The minimum absolute atomic E-state index is 0.0627. The second kappa shape index (κ2) is 58.0. The van der Waals surface area contributed by atoms with Crippen molar-refractivity contribution in [3.05, 3.63) is 0 Å². The number of hydrogen-bond donors (Lipinski definition) is 0. The molecule has 68 heavy (non-hydrogen) atoms. The Bertz CT molecular complexity index is 1010. The molecule has 1 unspecified atom stereocenters. The van der Waals surface area contributed by atoms with Crippen LogP contribution >= 0.6 is 0 Å². The molecule has 0 aliphatic carbocycles. The quantitative estimate of drug-likeness (QED) is 0.0343. The third-order valence-electron chi connectivity index (χ3n) is 14.4. The summed E-state index contributed by atoms with van der Waals surface area (Å²) in [5.41, 5.74) is 0. The number of carbonyl (C=O) groups is 3. The van der Waals surface area contributed by atoms with Crippen molar-refractivity contribution in [2.75, 3.05) is 13.2 Å². The Morgan fingerprint density at radius 1 is 0.235 bits per heavy atom. The molecule has 0 N–H and O–H groups in total. The van der Waals surface area contributed by atoms with Crippen molar-refractivity contribution in [3.8, 4) is 0 Å². The van der Waals surface area contributed by atoms with E-state index in [1.165, 1.54) is 257 Å². The van der Waals surface area contributed by atoms with E-state index in [1.54, 1.807) is 0 Å². The van der Waals surface area contributed by atoms with E-state index in [0.29, 0.717) is 19.3 Å². The summed E-state index contributed by atoms with van der Waals surface area (Å²) in [4.78, 5) is 37.8.